The molecule has 0 saturated heterocycles. The highest BCUT2D eigenvalue weighted by atomic mass is 14.1. The molecular weight excluding hydrogens is 264 g/mol. The van der Waals surface area contributed by atoms with Gasteiger partial charge in [0.15, 0.2) is 0 Å². The van der Waals surface area contributed by atoms with Crippen molar-refractivity contribution in [3.63, 3.8) is 0 Å². The number of hydrogen-bond acceptors (Lipinski definition) is 0. The molecule has 0 saturated carbocycles. The van der Waals surface area contributed by atoms with E-state index in [4.69, 9.17) is 0 Å². The van der Waals surface area contributed by atoms with Gasteiger partial charge >= 0.3 is 0 Å². The maximum absolute atomic E-state index is 4.24. The van der Waals surface area contributed by atoms with Gasteiger partial charge in [-0.15, -0.1) is 0 Å². The average Bonchev–Trinajstić information content (AvgIpc) is 2.61. The van der Waals surface area contributed by atoms with E-state index in [1.54, 1.807) is 0 Å². The second kappa shape index (κ2) is 6.61. The van der Waals surface area contributed by atoms with Crippen LogP contribution in [0.1, 0.15) is 22.3 Å². The highest BCUT2D eigenvalue weighted by molar-refractivity contribution is 5.81. The first-order valence-corrected chi connectivity index (χ1v) is 7.25. The van der Waals surface area contributed by atoms with Crippen LogP contribution in [0.3, 0.4) is 0 Å². The van der Waals surface area contributed by atoms with Gasteiger partial charge in [0.1, 0.15) is 0 Å². The third-order valence-electron chi connectivity index (χ3n) is 3.49. The fourth-order valence-corrected chi connectivity index (χ4v) is 2.31. The summed E-state index contributed by atoms with van der Waals surface area (Å²) in [5, 5.41) is 0. The highest BCUT2D eigenvalue weighted by Crippen LogP contribution is 2.24. The first-order chi connectivity index (χ1) is 10.8. The molecule has 0 nitrogen and oxygen atoms in total. The Morgan fingerprint density at radius 3 is 1.95 bits per heavy atom. The summed E-state index contributed by atoms with van der Waals surface area (Å²) in [6.45, 7) is 4.24. The molecule has 0 unspecified atom stereocenters. The molecule has 0 aliphatic rings. The molecule has 0 aliphatic heterocycles. The minimum atomic E-state index is 0.999. The van der Waals surface area contributed by atoms with Gasteiger partial charge in [0.25, 0.3) is 0 Å². The van der Waals surface area contributed by atoms with Crippen LogP contribution < -0.4 is 0 Å². The zero-order valence-electron chi connectivity index (χ0n) is 12.3. The van der Waals surface area contributed by atoms with Gasteiger partial charge in [0, 0.05) is 11.1 Å². The third-order valence-corrected chi connectivity index (χ3v) is 3.49. The molecule has 0 aliphatic carbocycles. The molecule has 104 valence electrons. The molecule has 3 aromatic rings. The Bertz CT molecular complexity index is 831. The second-order valence-electron chi connectivity index (χ2n) is 5.01. The van der Waals surface area contributed by atoms with Gasteiger partial charge in [-0.05, 0) is 34.9 Å². The van der Waals surface area contributed by atoms with Crippen molar-refractivity contribution in [1.82, 2.24) is 0 Å². The molecule has 0 N–H and O–H groups in total. The van der Waals surface area contributed by atoms with E-state index in [0.717, 1.165) is 27.8 Å². The van der Waals surface area contributed by atoms with Crippen LogP contribution in [0.5, 0.6) is 0 Å². The fraction of sp³-hybridized carbons (Fsp3) is 0. The maximum Gasteiger partial charge on any atom is 0.0327 e. The van der Waals surface area contributed by atoms with E-state index < -0.39 is 0 Å². The van der Waals surface area contributed by atoms with E-state index in [1.807, 2.05) is 66.7 Å². The van der Waals surface area contributed by atoms with Gasteiger partial charge in [0.05, 0.1) is 0 Å². The van der Waals surface area contributed by atoms with Gasteiger partial charge < -0.3 is 0 Å². The number of benzene rings is 3. The van der Waals surface area contributed by atoms with Gasteiger partial charge in [0.2, 0.25) is 0 Å². The lowest BCUT2D eigenvalue weighted by Crippen LogP contribution is -1.90. The van der Waals surface area contributed by atoms with Crippen LogP contribution in [0.4, 0.5) is 0 Å². The molecule has 0 fully saturated rings. The van der Waals surface area contributed by atoms with E-state index in [0.29, 0.717) is 0 Å². The van der Waals surface area contributed by atoms with Crippen molar-refractivity contribution in [2.45, 2.75) is 0 Å². The fourth-order valence-electron chi connectivity index (χ4n) is 2.31. The van der Waals surface area contributed by atoms with Crippen molar-refractivity contribution in [3.05, 3.63) is 114 Å². The zero-order valence-corrected chi connectivity index (χ0v) is 12.3. The average molecular weight is 280 g/mol. The van der Waals surface area contributed by atoms with E-state index in [9.17, 15) is 0 Å². The minimum Gasteiger partial charge on any atom is -0.0905 e. The molecule has 0 radical (unpaired) electrons. The molecule has 0 heteroatoms. The summed E-state index contributed by atoms with van der Waals surface area (Å²) >= 11 is 0. The van der Waals surface area contributed by atoms with E-state index in [1.165, 1.54) is 0 Å². The summed E-state index contributed by atoms with van der Waals surface area (Å²) in [5.74, 6) is 6.49. The molecule has 0 heterocycles. The van der Waals surface area contributed by atoms with Gasteiger partial charge in [-0.1, -0.05) is 85.1 Å². The normalized spacial score (nSPS) is 9.64. The smallest absolute Gasteiger partial charge is 0.0327 e. The Morgan fingerprint density at radius 1 is 0.636 bits per heavy atom. The van der Waals surface area contributed by atoms with Crippen molar-refractivity contribution in [3.8, 4) is 11.8 Å². The van der Waals surface area contributed by atoms with E-state index >= 15 is 0 Å². The lowest BCUT2D eigenvalue weighted by Gasteiger charge is -2.08. The summed E-state index contributed by atoms with van der Waals surface area (Å²) < 4.78 is 0. The lowest BCUT2D eigenvalue weighted by molar-refractivity contribution is 1.52. The largest absolute Gasteiger partial charge is 0.0905 e. The quantitative estimate of drug-likeness (QED) is 0.570. The molecule has 0 aromatic heterocycles. The van der Waals surface area contributed by atoms with Crippen LogP contribution >= 0.6 is 0 Å². The molecule has 0 bridgehead atoms. The Hall–Kier alpha value is -3.04. The van der Waals surface area contributed by atoms with Crippen LogP contribution in [0.15, 0.2) is 91.5 Å². The molecule has 22 heavy (non-hydrogen) atoms. The summed E-state index contributed by atoms with van der Waals surface area (Å²) in [4.78, 5) is 0. The van der Waals surface area contributed by atoms with Crippen molar-refractivity contribution in [1.29, 1.82) is 0 Å². The lowest BCUT2D eigenvalue weighted by atomic mass is 9.95. The summed E-state index contributed by atoms with van der Waals surface area (Å²) in [5.41, 5.74) is 5.22. The van der Waals surface area contributed by atoms with Crippen LogP contribution in [-0.2, 0) is 0 Å². The molecule has 0 amide bonds. The van der Waals surface area contributed by atoms with Crippen molar-refractivity contribution in [2.24, 2.45) is 0 Å². The Kier molecular flexibility index (Phi) is 4.18. The summed E-state index contributed by atoms with van der Waals surface area (Å²) in [6, 6.07) is 28.4. The van der Waals surface area contributed by atoms with Crippen LogP contribution in [0.2, 0.25) is 0 Å². The van der Waals surface area contributed by atoms with Gasteiger partial charge in [-0.2, -0.15) is 0 Å². The van der Waals surface area contributed by atoms with Crippen molar-refractivity contribution >= 4 is 5.57 Å². The Balaban J connectivity index is 1.98. The summed E-state index contributed by atoms with van der Waals surface area (Å²) in [7, 11) is 0. The number of hydrogen-bond donors (Lipinski definition) is 0. The maximum atomic E-state index is 4.24. The van der Waals surface area contributed by atoms with Crippen LogP contribution in [-0.4, -0.2) is 0 Å². The Labute approximate surface area is 131 Å². The molecule has 0 spiro atoms. The first kappa shape index (κ1) is 13.9. The van der Waals surface area contributed by atoms with Crippen molar-refractivity contribution < 1.29 is 0 Å². The minimum absolute atomic E-state index is 0.999. The van der Waals surface area contributed by atoms with Crippen LogP contribution in [0.25, 0.3) is 5.57 Å². The molecule has 3 rings (SSSR count). The highest BCUT2D eigenvalue weighted by Gasteiger charge is 2.05. The second-order valence-corrected chi connectivity index (χ2v) is 5.01. The monoisotopic (exact) mass is 280 g/mol. The SMILES string of the molecule is C=C(c1ccccc1)c1ccccc1C#Cc1ccccc1. The van der Waals surface area contributed by atoms with Gasteiger partial charge in [-0.3, -0.25) is 0 Å². The van der Waals surface area contributed by atoms with Crippen molar-refractivity contribution in [2.75, 3.05) is 0 Å². The third kappa shape index (κ3) is 3.16. The molecular formula is C22H16. The van der Waals surface area contributed by atoms with E-state index in [2.05, 4.69) is 36.6 Å². The topological polar surface area (TPSA) is 0 Å². The molecule has 3 aromatic carbocycles. The zero-order chi connectivity index (χ0) is 15.2. The van der Waals surface area contributed by atoms with E-state index in [-0.39, 0.29) is 0 Å². The summed E-state index contributed by atoms with van der Waals surface area (Å²) in [6.07, 6.45) is 0. The van der Waals surface area contributed by atoms with Gasteiger partial charge in [-0.25, -0.2) is 0 Å². The predicted octanol–water partition coefficient (Wildman–Crippen LogP) is 5.15. The first-order valence-electron chi connectivity index (χ1n) is 7.25. The predicted molar refractivity (Wildman–Crippen MR) is 93.4 cm³/mol. The van der Waals surface area contributed by atoms with Crippen LogP contribution in [0, 0.1) is 11.8 Å². The standard InChI is InChI=1S/C22H16/c1-18(20-12-6-3-7-13-20)22-15-9-8-14-21(22)17-16-19-10-4-2-5-11-19/h2-15H,1H2. The molecule has 0 atom stereocenters. The number of rotatable bonds is 2. The Morgan fingerprint density at radius 2 is 1.23 bits per heavy atom.